The molecule has 1 saturated carbocycles. The van der Waals surface area contributed by atoms with Gasteiger partial charge in [0, 0.05) is 12.0 Å². The van der Waals surface area contributed by atoms with Gasteiger partial charge in [0.25, 0.3) is 0 Å². The number of carbonyl (C=O) groups excluding carboxylic acids is 1. The highest BCUT2D eigenvalue weighted by Gasteiger charge is 2.22. The molecule has 2 heterocycles. The van der Waals surface area contributed by atoms with E-state index in [1.54, 1.807) is 11.3 Å². The van der Waals surface area contributed by atoms with Crippen molar-refractivity contribution in [1.29, 1.82) is 0 Å². The van der Waals surface area contributed by atoms with Crippen LogP contribution in [0.25, 0.3) is 10.6 Å². The van der Waals surface area contributed by atoms with Gasteiger partial charge in [0.05, 0.1) is 11.4 Å². The van der Waals surface area contributed by atoms with Crippen LogP contribution < -0.4 is 5.32 Å². The lowest BCUT2D eigenvalue weighted by Crippen LogP contribution is -2.28. The zero-order valence-electron chi connectivity index (χ0n) is 10.6. The standard InChI is InChI=1S/C14H16N2O2S/c17-14(10-4-1-2-5-10)15-9-11-8-12(18-16-11)13-6-3-7-19-13/h3,6-8,10H,1-2,4-5,9H2,(H,15,17). The minimum Gasteiger partial charge on any atom is -0.355 e. The molecule has 0 unspecified atom stereocenters. The van der Waals surface area contributed by atoms with Crippen molar-refractivity contribution >= 4 is 17.2 Å². The van der Waals surface area contributed by atoms with Crippen molar-refractivity contribution in [2.24, 2.45) is 5.92 Å². The number of hydrogen-bond acceptors (Lipinski definition) is 4. The van der Waals surface area contributed by atoms with Gasteiger partial charge in [0.2, 0.25) is 5.91 Å². The smallest absolute Gasteiger partial charge is 0.223 e. The number of nitrogens with one attached hydrogen (secondary N) is 1. The molecule has 2 aromatic heterocycles. The SMILES string of the molecule is O=C(NCc1cc(-c2cccs2)on1)C1CCCC1. The van der Waals surface area contributed by atoms with E-state index in [1.165, 1.54) is 12.8 Å². The summed E-state index contributed by atoms with van der Waals surface area (Å²) >= 11 is 1.61. The zero-order valence-corrected chi connectivity index (χ0v) is 11.4. The zero-order chi connectivity index (χ0) is 13.1. The topological polar surface area (TPSA) is 55.1 Å². The molecular weight excluding hydrogens is 260 g/mol. The van der Waals surface area contributed by atoms with E-state index < -0.39 is 0 Å². The van der Waals surface area contributed by atoms with Crippen molar-refractivity contribution in [2.75, 3.05) is 0 Å². The molecule has 3 rings (SSSR count). The van der Waals surface area contributed by atoms with Crippen molar-refractivity contribution in [3.05, 3.63) is 29.3 Å². The number of aromatic nitrogens is 1. The Labute approximate surface area is 115 Å². The van der Waals surface area contributed by atoms with E-state index in [-0.39, 0.29) is 11.8 Å². The Morgan fingerprint density at radius 2 is 2.32 bits per heavy atom. The number of hydrogen-bond donors (Lipinski definition) is 1. The monoisotopic (exact) mass is 276 g/mol. The molecule has 0 bridgehead atoms. The first-order chi connectivity index (χ1) is 9.33. The van der Waals surface area contributed by atoms with Gasteiger partial charge in [-0.25, -0.2) is 0 Å². The summed E-state index contributed by atoms with van der Waals surface area (Å²) in [4.78, 5) is 12.9. The lowest BCUT2D eigenvalue weighted by Gasteiger charge is -2.08. The minimum absolute atomic E-state index is 0.151. The van der Waals surface area contributed by atoms with Gasteiger partial charge in [-0.1, -0.05) is 24.1 Å². The van der Waals surface area contributed by atoms with Gasteiger partial charge >= 0.3 is 0 Å². The summed E-state index contributed by atoms with van der Waals surface area (Å²) in [5, 5.41) is 8.93. The van der Waals surface area contributed by atoms with E-state index in [9.17, 15) is 4.79 Å². The lowest BCUT2D eigenvalue weighted by molar-refractivity contribution is -0.125. The summed E-state index contributed by atoms with van der Waals surface area (Å²) in [6.45, 7) is 0.449. The summed E-state index contributed by atoms with van der Waals surface area (Å²) < 4.78 is 5.28. The molecule has 4 nitrogen and oxygen atoms in total. The summed E-state index contributed by atoms with van der Waals surface area (Å²) in [6.07, 6.45) is 4.38. The maximum absolute atomic E-state index is 11.9. The summed E-state index contributed by atoms with van der Waals surface area (Å²) in [7, 11) is 0. The molecule has 19 heavy (non-hydrogen) atoms. The Hall–Kier alpha value is -1.62. The second kappa shape index (κ2) is 5.57. The molecule has 0 saturated heterocycles. The molecule has 5 heteroatoms. The summed E-state index contributed by atoms with van der Waals surface area (Å²) in [5.74, 6) is 1.11. The highest BCUT2D eigenvalue weighted by atomic mass is 32.1. The van der Waals surface area contributed by atoms with Crippen molar-refractivity contribution in [2.45, 2.75) is 32.2 Å². The van der Waals surface area contributed by atoms with E-state index in [4.69, 9.17) is 4.52 Å². The van der Waals surface area contributed by atoms with E-state index in [1.807, 2.05) is 23.6 Å². The van der Waals surface area contributed by atoms with Crippen LogP contribution in [0.1, 0.15) is 31.4 Å². The van der Waals surface area contributed by atoms with Gasteiger partial charge in [-0.05, 0) is 24.3 Å². The summed E-state index contributed by atoms with van der Waals surface area (Å²) in [5.41, 5.74) is 0.773. The minimum atomic E-state index is 0.151. The average Bonchev–Trinajstić information content (AvgIpc) is 3.14. The molecule has 100 valence electrons. The second-order valence-electron chi connectivity index (χ2n) is 4.86. The molecule has 1 N–H and O–H groups in total. The number of thiophene rings is 1. The van der Waals surface area contributed by atoms with Gasteiger partial charge in [-0.2, -0.15) is 0 Å². The van der Waals surface area contributed by atoms with Crippen LogP contribution in [0.15, 0.2) is 28.1 Å². The van der Waals surface area contributed by atoms with Crippen LogP contribution in [0.4, 0.5) is 0 Å². The fourth-order valence-electron chi connectivity index (χ4n) is 2.44. The van der Waals surface area contributed by atoms with Crippen molar-refractivity contribution in [3.8, 4) is 10.6 Å². The van der Waals surface area contributed by atoms with Crippen molar-refractivity contribution in [3.63, 3.8) is 0 Å². The Bertz CT molecular complexity index is 542. The third-order valence-electron chi connectivity index (χ3n) is 3.49. The molecule has 0 atom stereocenters. The van der Waals surface area contributed by atoms with E-state index in [2.05, 4.69) is 10.5 Å². The summed E-state index contributed by atoms with van der Waals surface area (Å²) in [6, 6.07) is 5.86. The van der Waals surface area contributed by atoms with E-state index in [0.717, 1.165) is 29.2 Å². The van der Waals surface area contributed by atoms with Gasteiger partial charge < -0.3 is 9.84 Å². The van der Waals surface area contributed by atoms with Crippen molar-refractivity contribution < 1.29 is 9.32 Å². The highest BCUT2D eigenvalue weighted by Crippen LogP contribution is 2.26. The van der Waals surface area contributed by atoms with Crippen LogP contribution >= 0.6 is 11.3 Å². The largest absolute Gasteiger partial charge is 0.355 e. The average molecular weight is 276 g/mol. The van der Waals surface area contributed by atoms with Gasteiger partial charge in [0.1, 0.15) is 5.69 Å². The molecule has 0 aliphatic heterocycles. The molecular formula is C14H16N2O2S. The third kappa shape index (κ3) is 2.87. The Balaban J connectivity index is 1.57. The Kier molecular flexibility index (Phi) is 3.64. The second-order valence-corrected chi connectivity index (χ2v) is 5.81. The maximum Gasteiger partial charge on any atom is 0.223 e. The first-order valence-electron chi connectivity index (χ1n) is 6.60. The number of nitrogens with zero attached hydrogens (tertiary/aromatic N) is 1. The number of amides is 1. The fourth-order valence-corrected chi connectivity index (χ4v) is 3.11. The number of carbonyl (C=O) groups is 1. The van der Waals surface area contributed by atoms with Crippen molar-refractivity contribution in [1.82, 2.24) is 10.5 Å². The Morgan fingerprint density at radius 1 is 1.47 bits per heavy atom. The predicted molar refractivity (Wildman–Crippen MR) is 73.6 cm³/mol. The molecule has 0 radical (unpaired) electrons. The molecule has 2 aromatic rings. The van der Waals surface area contributed by atoms with Gasteiger partial charge in [-0.3, -0.25) is 4.79 Å². The molecule has 1 amide bonds. The van der Waals surface area contributed by atoms with E-state index in [0.29, 0.717) is 6.54 Å². The van der Waals surface area contributed by atoms with Gasteiger partial charge in [0.15, 0.2) is 5.76 Å². The van der Waals surface area contributed by atoms with Crippen LogP contribution in [0.5, 0.6) is 0 Å². The third-order valence-corrected chi connectivity index (χ3v) is 4.38. The van der Waals surface area contributed by atoms with Crippen LogP contribution in [-0.4, -0.2) is 11.1 Å². The van der Waals surface area contributed by atoms with Crippen LogP contribution in [0.3, 0.4) is 0 Å². The highest BCUT2D eigenvalue weighted by molar-refractivity contribution is 7.13. The normalized spacial score (nSPS) is 15.8. The molecule has 1 fully saturated rings. The fraction of sp³-hybridized carbons (Fsp3) is 0.429. The maximum atomic E-state index is 11.9. The molecule has 1 aliphatic rings. The molecule has 0 spiro atoms. The first-order valence-corrected chi connectivity index (χ1v) is 7.48. The van der Waals surface area contributed by atoms with Gasteiger partial charge in [-0.15, -0.1) is 11.3 Å². The predicted octanol–water partition coefficient (Wildman–Crippen LogP) is 3.21. The quantitative estimate of drug-likeness (QED) is 0.933. The number of rotatable bonds is 4. The molecule has 1 aliphatic carbocycles. The molecule has 0 aromatic carbocycles. The Morgan fingerprint density at radius 3 is 3.05 bits per heavy atom. The lowest BCUT2D eigenvalue weighted by atomic mass is 10.1. The van der Waals surface area contributed by atoms with Crippen LogP contribution in [0, 0.1) is 5.92 Å². The van der Waals surface area contributed by atoms with Crippen LogP contribution in [-0.2, 0) is 11.3 Å². The first kappa shape index (κ1) is 12.4. The van der Waals surface area contributed by atoms with Crippen LogP contribution in [0.2, 0.25) is 0 Å². The van der Waals surface area contributed by atoms with E-state index >= 15 is 0 Å².